The van der Waals surface area contributed by atoms with Gasteiger partial charge < -0.3 is 14.8 Å². The Morgan fingerprint density at radius 1 is 1.00 bits per heavy atom. The van der Waals surface area contributed by atoms with E-state index in [4.69, 9.17) is 21.7 Å². The highest BCUT2D eigenvalue weighted by Crippen LogP contribution is 2.28. The molecule has 5 nitrogen and oxygen atoms in total. The van der Waals surface area contributed by atoms with Crippen molar-refractivity contribution in [2.75, 3.05) is 13.2 Å². The van der Waals surface area contributed by atoms with Crippen LogP contribution in [0.1, 0.15) is 50.7 Å². The molecule has 2 aromatic carbocycles. The highest BCUT2D eigenvalue weighted by molar-refractivity contribution is 7.80. The molecule has 0 atom stereocenters. The average Bonchev–Trinajstić information content (AvgIpc) is 2.74. The summed E-state index contributed by atoms with van der Waals surface area (Å²) in [5, 5.41) is 7.81. The maximum atomic E-state index is 5.89. The number of ether oxygens (including phenoxy) is 2. The lowest BCUT2D eigenvalue weighted by atomic mass is 10.2. The molecule has 0 radical (unpaired) electrons. The zero-order valence-corrected chi connectivity index (χ0v) is 18.1. The van der Waals surface area contributed by atoms with Crippen molar-refractivity contribution in [3.05, 3.63) is 59.7 Å². The Morgan fingerprint density at radius 3 is 2.59 bits per heavy atom. The molecule has 0 fully saturated rings. The van der Waals surface area contributed by atoms with Crippen molar-refractivity contribution in [1.82, 2.24) is 10.7 Å². The van der Waals surface area contributed by atoms with E-state index in [1.54, 1.807) is 6.21 Å². The summed E-state index contributed by atoms with van der Waals surface area (Å²) < 4.78 is 11.6. The van der Waals surface area contributed by atoms with E-state index in [1.165, 1.54) is 19.3 Å². The Morgan fingerprint density at radius 2 is 1.83 bits per heavy atom. The minimum Gasteiger partial charge on any atom is -0.490 e. The predicted molar refractivity (Wildman–Crippen MR) is 124 cm³/mol. The SMILES string of the molecule is CCCCCCOc1ccc(/C=N/NC(=S)NCc2ccccc2)cc1OCC. The second-order valence-electron chi connectivity index (χ2n) is 6.59. The molecule has 0 bridgehead atoms. The van der Waals surface area contributed by atoms with Crippen molar-refractivity contribution in [2.24, 2.45) is 5.10 Å². The average molecular weight is 414 g/mol. The van der Waals surface area contributed by atoms with Crippen LogP contribution in [0.5, 0.6) is 11.5 Å². The van der Waals surface area contributed by atoms with Gasteiger partial charge in [-0.25, -0.2) is 0 Å². The first kappa shape index (κ1) is 22.7. The molecule has 6 heteroatoms. The molecule has 0 heterocycles. The molecule has 2 N–H and O–H groups in total. The summed E-state index contributed by atoms with van der Waals surface area (Å²) >= 11 is 5.25. The highest BCUT2D eigenvalue weighted by atomic mass is 32.1. The first-order valence-corrected chi connectivity index (χ1v) is 10.6. The van der Waals surface area contributed by atoms with Gasteiger partial charge in [0, 0.05) is 6.54 Å². The summed E-state index contributed by atoms with van der Waals surface area (Å²) in [6.07, 6.45) is 6.42. The molecule has 2 aromatic rings. The van der Waals surface area contributed by atoms with Crippen LogP contribution in [-0.4, -0.2) is 24.5 Å². The second kappa shape index (κ2) is 13.6. The standard InChI is InChI=1S/C23H31N3O2S/c1-3-5-6-10-15-28-21-14-13-20(16-22(21)27-4-2)18-25-26-23(29)24-17-19-11-8-7-9-12-19/h7-9,11-14,16,18H,3-6,10,15,17H2,1-2H3,(H2,24,26,29)/b25-18+. The second-order valence-corrected chi connectivity index (χ2v) is 6.99. The molecule has 0 saturated carbocycles. The number of thiocarbonyl (C=S) groups is 1. The van der Waals surface area contributed by atoms with Crippen LogP contribution in [0.4, 0.5) is 0 Å². The summed E-state index contributed by atoms with van der Waals surface area (Å²) in [6.45, 7) is 6.11. The van der Waals surface area contributed by atoms with Crippen LogP contribution in [0.15, 0.2) is 53.6 Å². The van der Waals surface area contributed by atoms with Crippen LogP contribution in [0, 0.1) is 0 Å². The Balaban J connectivity index is 1.83. The molecule has 0 aliphatic carbocycles. The number of nitrogens with one attached hydrogen (secondary N) is 2. The molecule has 0 aromatic heterocycles. The van der Waals surface area contributed by atoms with Gasteiger partial charge in [0.25, 0.3) is 0 Å². The van der Waals surface area contributed by atoms with Crippen molar-refractivity contribution in [2.45, 2.75) is 46.1 Å². The minimum absolute atomic E-state index is 0.474. The number of benzene rings is 2. The number of nitrogens with zero attached hydrogens (tertiary/aromatic N) is 1. The van der Waals surface area contributed by atoms with Crippen LogP contribution in [0.3, 0.4) is 0 Å². The molecule has 156 valence electrons. The van der Waals surface area contributed by atoms with Crippen LogP contribution < -0.4 is 20.2 Å². The van der Waals surface area contributed by atoms with Gasteiger partial charge in [0.1, 0.15) is 0 Å². The van der Waals surface area contributed by atoms with E-state index in [2.05, 4.69) is 22.8 Å². The molecule has 0 saturated heterocycles. The van der Waals surface area contributed by atoms with Gasteiger partial charge in [-0.2, -0.15) is 5.10 Å². The molecular formula is C23H31N3O2S. The molecule has 0 amide bonds. The maximum Gasteiger partial charge on any atom is 0.187 e. The van der Waals surface area contributed by atoms with Gasteiger partial charge in [0.15, 0.2) is 16.6 Å². The van der Waals surface area contributed by atoms with Crippen molar-refractivity contribution < 1.29 is 9.47 Å². The van der Waals surface area contributed by atoms with E-state index in [0.717, 1.165) is 29.0 Å². The van der Waals surface area contributed by atoms with Crippen LogP contribution >= 0.6 is 12.2 Å². The van der Waals surface area contributed by atoms with Crippen molar-refractivity contribution in [3.63, 3.8) is 0 Å². The zero-order valence-electron chi connectivity index (χ0n) is 17.3. The number of hydrogen-bond acceptors (Lipinski definition) is 4. The van der Waals surface area contributed by atoms with Gasteiger partial charge in [-0.1, -0.05) is 56.5 Å². The van der Waals surface area contributed by atoms with E-state index in [-0.39, 0.29) is 0 Å². The fourth-order valence-corrected chi connectivity index (χ4v) is 2.81. The first-order chi connectivity index (χ1) is 14.2. The quantitative estimate of drug-likeness (QED) is 0.221. The lowest BCUT2D eigenvalue weighted by Gasteiger charge is -2.12. The van der Waals surface area contributed by atoms with Gasteiger partial charge >= 0.3 is 0 Å². The van der Waals surface area contributed by atoms with E-state index in [1.807, 2.05) is 55.5 Å². The summed E-state index contributed by atoms with van der Waals surface area (Å²) in [4.78, 5) is 0. The highest BCUT2D eigenvalue weighted by Gasteiger charge is 2.06. The fourth-order valence-electron chi connectivity index (χ4n) is 2.69. The number of hydrogen-bond donors (Lipinski definition) is 2. The maximum absolute atomic E-state index is 5.89. The van der Waals surface area contributed by atoms with Crippen molar-refractivity contribution in [3.8, 4) is 11.5 Å². The zero-order chi connectivity index (χ0) is 20.7. The Labute approximate surface area is 179 Å². The predicted octanol–water partition coefficient (Wildman–Crippen LogP) is 5.04. The van der Waals surface area contributed by atoms with E-state index < -0.39 is 0 Å². The van der Waals surface area contributed by atoms with Crippen LogP contribution in [-0.2, 0) is 6.54 Å². The fraction of sp³-hybridized carbons (Fsp3) is 0.391. The summed E-state index contributed by atoms with van der Waals surface area (Å²) in [7, 11) is 0. The normalized spacial score (nSPS) is 10.7. The molecule has 2 rings (SSSR count). The monoisotopic (exact) mass is 413 g/mol. The molecule has 0 aliphatic heterocycles. The lowest BCUT2D eigenvalue weighted by molar-refractivity contribution is 0.270. The largest absolute Gasteiger partial charge is 0.490 e. The number of hydrazone groups is 1. The molecule has 0 aliphatic rings. The number of unbranched alkanes of at least 4 members (excludes halogenated alkanes) is 3. The van der Waals surface area contributed by atoms with Gasteiger partial charge in [-0.3, -0.25) is 5.43 Å². The summed E-state index contributed by atoms with van der Waals surface area (Å²) in [5.74, 6) is 1.50. The third kappa shape index (κ3) is 8.96. The van der Waals surface area contributed by atoms with E-state index >= 15 is 0 Å². The van der Waals surface area contributed by atoms with Crippen molar-refractivity contribution in [1.29, 1.82) is 0 Å². The van der Waals surface area contributed by atoms with Gasteiger partial charge in [-0.05, 0) is 54.9 Å². The molecule has 0 spiro atoms. The Hall–Kier alpha value is -2.60. The van der Waals surface area contributed by atoms with Crippen LogP contribution in [0.25, 0.3) is 0 Å². The summed E-state index contributed by atoms with van der Waals surface area (Å²) in [6, 6.07) is 15.9. The molecule has 29 heavy (non-hydrogen) atoms. The van der Waals surface area contributed by atoms with Gasteiger partial charge in [0.2, 0.25) is 0 Å². The number of rotatable bonds is 12. The minimum atomic E-state index is 0.474. The summed E-state index contributed by atoms with van der Waals surface area (Å²) in [5.41, 5.74) is 4.91. The van der Waals surface area contributed by atoms with E-state index in [9.17, 15) is 0 Å². The topological polar surface area (TPSA) is 54.9 Å². The third-order valence-corrected chi connectivity index (χ3v) is 4.43. The Kier molecular flexibility index (Phi) is 10.6. The van der Waals surface area contributed by atoms with Crippen molar-refractivity contribution >= 4 is 23.5 Å². The molecule has 0 unspecified atom stereocenters. The van der Waals surface area contributed by atoms with E-state index in [0.29, 0.717) is 24.9 Å². The third-order valence-electron chi connectivity index (χ3n) is 4.20. The molecular weight excluding hydrogens is 382 g/mol. The van der Waals surface area contributed by atoms with Gasteiger partial charge in [0.05, 0.1) is 19.4 Å². The van der Waals surface area contributed by atoms with Crippen LogP contribution in [0.2, 0.25) is 0 Å². The first-order valence-electron chi connectivity index (χ1n) is 10.2. The smallest absolute Gasteiger partial charge is 0.187 e. The lowest BCUT2D eigenvalue weighted by Crippen LogP contribution is -2.31. The Bertz CT molecular complexity index is 766. The van der Waals surface area contributed by atoms with Gasteiger partial charge in [-0.15, -0.1) is 0 Å².